The number of rotatable bonds is 3. The summed E-state index contributed by atoms with van der Waals surface area (Å²) in [6, 6.07) is 7.12. The van der Waals surface area contributed by atoms with Crippen molar-refractivity contribution in [3.8, 4) is 11.4 Å². The highest BCUT2D eigenvalue weighted by Gasteiger charge is 2.11. The van der Waals surface area contributed by atoms with E-state index in [0.717, 1.165) is 0 Å². The third-order valence-corrected chi connectivity index (χ3v) is 2.84. The molecular formula is C12H9FN2O2S. The lowest BCUT2D eigenvalue weighted by atomic mass is 10.2. The highest BCUT2D eigenvalue weighted by Crippen LogP contribution is 2.20. The maximum absolute atomic E-state index is 13.1. The van der Waals surface area contributed by atoms with E-state index in [-0.39, 0.29) is 11.5 Å². The highest BCUT2D eigenvalue weighted by atomic mass is 32.2. The minimum atomic E-state index is -1.13. The number of carboxylic acids is 1. The van der Waals surface area contributed by atoms with E-state index in [1.54, 1.807) is 12.3 Å². The molecule has 0 saturated heterocycles. The van der Waals surface area contributed by atoms with Gasteiger partial charge in [-0.25, -0.2) is 19.2 Å². The Balaban J connectivity index is 2.56. The predicted octanol–water partition coefficient (Wildman–Crippen LogP) is 2.70. The van der Waals surface area contributed by atoms with Crippen molar-refractivity contribution in [2.24, 2.45) is 0 Å². The fourth-order valence-corrected chi connectivity index (χ4v) is 1.80. The molecule has 0 radical (unpaired) electrons. The lowest BCUT2D eigenvalue weighted by molar-refractivity contribution is 0.0690. The number of carboxylic acid groups (broad SMARTS) is 1. The Bertz CT molecular complexity index is 604. The van der Waals surface area contributed by atoms with Crippen molar-refractivity contribution in [2.45, 2.75) is 5.03 Å². The second-order valence-corrected chi connectivity index (χ2v) is 4.26. The van der Waals surface area contributed by atoms with Crippen molar-refractivity contribution in [1.29, 1.82) is 0 Å². The Morgan fingerprint density at radius 2 is 2.11 bits per heavy atom. The van der Waals surface area contributed by atoms with Gasteiger partial charge in [-0.1, -0.05) is 12.1 Å². The molecule has 1 N–H and O–H groups in total. The molecule has 0 aliphatic rings. The first-order chi connectivity index (χ1) is 8.60. The molecule has 2 aromatic rings. The summed E-state index contributed by atoms with van der Waals surface area (Å²) < 4.78 is 13.1. The average Bonchev–Trinajstić information content (AvgIpc) is 2.38. The molecule has 4 nitrogen and oxygen atoms in total. The molecule has 1 heterocycles. The van der Waals surface area contributed by atoms with Crippen molar-refractivity contribution in [3.63, 3.8) is 0 Å². The monoisotopic (exact) mass is 264 g/mol. The van der Waals surface area contributed by atoms with E-state index in [1.807, 2.05) is 0 Å². The molecule has 6 heteroatoms. The first kappa shape index (κ1) is 12.5. The van der Waals surface area contributed by atoms with Crippen LogP contribution in [0.5, 0.6) is 0 Å². The van der Waals surface area contributed by atoms with Crippen LogP contribution in [0.1, 0.15) is 10.5 Å². The molecule has 1 aromatic carbocycles. The topological polar surface area (TPSA) is 63.1 Å². The quantitative estimate of drug-likeness (QED) is 0.682. The molecule has 0 atom stereocenters. The lowest BCUT2D eigenvalue weighted by Crippen LogP contribution is -2.04. The van der Waals surface area contributed by atoms with Gasteiger partial charge >= 0.3 is 5.97 Å². The maximum Gasteiger partial charge on any atom is 0.354 e. The van der Waals surface area contributed by atoms with Gasteiger partial charge in [-0.15, -0.1) is 11.8 Å². The minimum Gasteiger partial charge on any atom is -0.477 e. The number of halogens is 1. The molecule has 0 saturated carbocycles. The van der Waals surface area contributed by atoms with Crippen LogP contribution in [0.25, 0.3) is 11.4 Å². The fourth-order valence-electron chi connectivity index (χ4n) is 1.40. The maximum atomic E-state index is 13.1. The summed E-state index contributed by atoms with van der Waals surface area (Å²) in [6.07, 6.45) is 1.78. The number of thioether (sulfide) groups is 1. The van der Waals surface area contributed by atoms with Crippen LogP contribution in [-0.4, -0.2) is 27.3 Å². The third kappa shape index (κ3) is 2.65. The van der Waals surface area contributed by atoms with E-state index in [9.17, 15) is 9.18 Å². The Morgan fingerprint density at radius 1 is 1.33 bits per heavy atom. The average molecular weight is 264 g/mol. The van der Waals surface area contributed by atoms with Gasteiger partial charge in [0.1, 0.15) is 10.8 Å². The van der Waals surface area contributed by atoms with Crippen LogP contribution >= 0.6 is 11.8 Å². The largest absolute Gasteiger partial charge is 0.477 e. The molecule has 92 valence electrons. The summed E-state index contributed by atoms with van der Waals surface area (Å²) in [5, 5.41) is 9.49. The van der Waals surface area contributed by atoms with Gasteiger partial charge in [0.05, 0.1) is 0 Å². The summed E-state index contributed by atoms with van der Waals surface area (Å²) in [5.41, 5.74) is 0.349. The first-order valence-corrected chi connectivity index (χ1v) is 6.25. The van der Waals surface area contributed by atoms with Crippen LogP contribution in [0.15, 0.2) is 35.4 Å². The molecule has 0 aliphatic carbocycles. The van der Waals surface area contributed by atoms with Crippen molar-refractivity contribution >= 4 is 17.7 Å². The molecule has 0 aliphatic heterocycles. The second kappa shape index (κ2) is 5.14. The Labute approximate surface area is 107 Å². The molecule has 0 bridgehead atoms. The summed E-state index contributed by atoms with van der Waals surface area (Å²) >= 11 is 1.31. The summed E-state index contributed by atoms with van der Waals surface area (Å²) in [6.45, 7) is 0. The summed E-state index contributed by atoms with van der Waals surface area (Å²) in [5.74, 6) is -1.34. The number of aromatic carboxylic acids is 1. The second-order valence-electron chi connectivity index (χ2n) is 3.43. The zero-order valence-electron chi connectivity index (χ0n) is 9.42. The number of nitrogens with zero attached hydrogens (tertiary/aromatic N) is 2. The van der Waals surface area contributed by atoms with Gasteiger partial charge in [-0.05, 0) is 18.4 Å². The third-order valence-electron chi connectivity index (χ3n) is 2.21. The van der Waals surface area contributed by atoms with E-state index >= 15 is 0 Å². The van der Waals surface area contributed by atoms with Crippen LogP contribution in [0, 0.1) is 5.82 Å². The molecule has 0 fully saturated rings. The SMILES string of the molecule is CSc1cc(C(=O)O)nc(-c2cccc(F)c2)n1. The van der Waals surface area contributed by atoms with Crippen LogP contribution < -0.4 is 0 Å². The molecule has 0 unspecified atom stereocenters. The zero-order chi connectivity index (χ0) is 13.1. The van der Waals surface area contributed by atoms with Gasteiger partial charge in [-0.3, -0.25) is 0 Å². The Hall–Kier alpha value is -1.95. The van der Waals surface area contributed by atoms with Crippen molar-refractivity contribution in [3.05, 3.63) is 41.8 Å². The van der Waals surface area contributed by atoms with Crippen LogP contribution in [0.4, 0.5) is 4.39 Å². The summed E-state index contributed by atoms with van der Waals surface area (Å²) in [4.78, 5) is 19.0. The van der Waals surface area contributed by atoms with Gasteiger partial charge in [0.15, 0.2) is 11.5 Å². The van der Waals surface area contributed by atoms with E-state index in [4.69, 9.17) is 5.11 Å². The fraction of sp³-hybridized carbons (Fsp3) is 0.0833. The van der Waals surface area contributed by atoms with Gasteiger partial charge in [0.25, 0.3) is 0 Å². The number of benzene rings is 1. The van der Waals surface area contributed by atoms with Gasteiger partial charge in [0, 0.05) is 11.6 Å². The van der Waals surface area contributed by atoms with E-state index in [1.165, 1.54) is 36.0 Å². The van der Waals surface area contributed by atoms with Crippen LogP contribution in [0.3, 0.4) is 0 Å². The molecule has 0 spiro atoms. The number of aromatic nitrogens is 2. The number of carbonyl (C=O) groups is 1. The predicted molar refractivity (Wildman–Crippen MR) is 66.2 cm³/mol. The zero-order valence-corrected chi connectivity index (χ0v) is 10.2. The van der Waals surface area contributed by atoms with Crippen molar-refractivity contribution in [2.75, 3.05) is 6.26 Å². The molecule has 2 rings (SSSR count). The van der Waals surface area contributed by atoms with Crippen LogP contribution in [-0.2, 0) is 0 Å². The molecule has 1 aromatic heterocycles. The van der Waals surface area contributed by atoms with E-state index in [0.29, 0.717) is 10.6 Å². The standard InChI is InChI=1S/C12H9FN2O2S/c1-18-10-6-9(12(16)17)14-11(15-10)7-3-2-4-8(13)5-7/h2-6H,1H3,(H,16,17). The normalized spacial score (nSPS) is 10.3. The van der Waals surface area contributed by atoms with E-state index < -0.39 is 11.8 Å². The minimum absolute atomic E-state index is 0.103. The van der Waals surface area contributed by atoms with Crippen molar-refractivity contribution < 1.29 is 14.3 Å². The van der Waals surface area contributed by atoms with Gasteiger partial charge in [-0.2, -0.15) is 0 Å². The number of hydrogen-bond donors (Lipinski definition) is 1. The highest BCUT2D eigenvalue weighted by molar-refractivity contribution is 7.98. The number of hydrogen-bond acceptors (Lipinski definition) is 4. The molecular weight excluding hydrogens is 255 g/mol. The van der Waals surface area contributed by atoms with Gasteiger partial charge < -0.3 is 5.11 Å². The lowest BCUT2D eigenvalue weighted by Gasteiger charge is -2.04. The summed E-state index contributed by atoms with van der Waals surface area (Å²) in [7, 11) is 0. The van der Waals surface area contributed by atoms with Gasteiger partial charge in [0.2, 0.25) is 0 Å². The smallest absolute Gasteiger partial charge is 0.354 e. The van der Waals surface area contributed by atoms with Crippen molar-refractivity contribution in [1.82, 2.24) is 9.97 Å². The molecule has 0 amide bonds. The first-order valence-electron chi connectivity index (χ1n) is 5.02. The Kier molecular flexibility index (Phi) is 3.57. The molecule has 18 heavy (non-hydrogen) atoms. The van der Waals surface area contributed by atoms with Crippen LogP contribution in [0.2, 0.25) is 0 Å². The van der Waals surface area contributed by atoms with E-state index in [2.05, 4.69) is 9.97 Å². The Morgan fingerprint density at radius 3 is 2.72 bits per heavy atom.